The summed E-state index contributed by atoms with van der Waals surface area (Å²) >= 11 is 0. The molecule has 0 radical (unpaired) electrons. The van der Waals surface area contributed by atoms with Crippen molar-refractivity contribution in [1.29, 1.82) is 0 Å². The Morgan fingerprint density at radius 3 is 1.20 bits per heavy atom. The largest absolute Gasteiger partial charge is 0.330 e. The molecule has 0 spiro atoms. The second-order valence-electron chi connectivity index (χ2n) is 13.3. The molecule has 0 aromatic heterocycles. The summed E-state index contributed by atoms with van der Waals surface area (Å²) in [5.41, 5.74) is 43.3. The van der Waals surface area contributed by atoms with E-state index in [2.05, 4.69) is 64.2 Å². The molecule has 49 heavy (non-hydrogen) atoms. The lowest BCUT2D eigenvalue weighted by atomic mass is 10.1. The fraction of sp³-hybridized carbons (Fsp3) is 0.850. The zero-order valence-corrected chi connectivity index (χ0v) is 34.6. The van der Waals surface area contributed by atoms with Crippen molar-refractivity contribution < 1.29 is 0 Å². The minimum absolute atomic E-state index is 0.181. The normalized spacial score (nSPS) is 9.82. The summed E-state index contributed by atoms with van der Waals surface area (Å²) in [7, 11) is 1.93. The molecule has 0 aliphatic heterocycles. The van der Waals surface area contributed by atoms with Crippen molar-refractivity contribution in [3.8, 4) is 0 Å². The Labute approximate surface area is 308 Å². The Hall–Kier alpha value is -1.14. The SMILES string of the molecule is CC(C)(N)CN.CC(C)CCCCN.CCCCCCN.CCCCCCN.CCCCN.CNCCCN.NCCCc1ccccc1. The molecule has 1 aromatic rings. The summed E-state index contributed by atoms with van der Waals surface area (Å²) in [4.78, 5) is 0. The highest BCUT2D eigenvalue weighted by Gasteiger charge is 2.04. The fourth-order valence-corrected chi connectivity index (χ4v) is 3.27. The molecule has 9 heteroatoms. The Morgan fingerprint density at radius 1 is 0.551 bits per heavy atom. The second-order valence-corrected chi connectivity index (χ2v) is 13.3. The van der Waals surface area contributed by atoms with Gasteiger partial charge in [-0.25, -0.2) is 0 Å². The number of hydrogen-bond acceptors (Lipinski definition) is 9. The van der Waals surface area contributed by atoms with Crippen molar-refractivity contribution in [2.75, 3.05) is 59.4 Å². The van der Waals surface area contributed by atoms with Crippen LogP contribution in [0.15, 0.2) is 30.3 Å². The summed E-state index contributed by atoms with van der Waals surface area (Å²) in [6, 6.07) is 10.4. The highest BCUT2D eigenvalue weighted by molar-refractivity contribution is 5.14. The van der Waals surface area contributed by atoms with E-state index in [4.69, 9.17) is 45.9 Å². The lowest BCUT2D eigenvalue weighted by Gasteiger charge is -2.13. The highest BCUT2D eigenvalue weighted by atomic mass is 14.8. The van der Waals surface area contributed by atoms with Gasteiger partial charge in [0.05, 0.1) is 0 Å². The number of rotatable bonds is 21. The van der Waals surface area contributed by atoms with Crippen LogP contribution in [0.1, 0.15) is 150 Å². The van der Waals surface area contributed by atoms with Crippen LogP contribution in [-0.2, 0) is 6.42 Å². The first-order valence-corrected chi connectivity index (χ1v) is 19.8. The van der Waals surface area contributed by atoms with Gasteiger partial charge in [0.2, 0.25) is 0 Å². The molecule has 0 heterocycles. The molecule has 0 fully saturated rings. The molecule has 1 rings (SSSR count). The van der Waals surface area contributed by atoms with Crippen molar-refractivity contribution in [1.82, 2.24) is 5.32 Å². The highest BCUT2D eigenvalue weighted by Crippen LogP contribution is 2.04. The van der Waals surface area contributed by atoms with Crippen LogP contribution in [0.3, 0.4) is 0 Å². The van der Waals surface area contributed by atoms with E-state index < -0.39 is 0 Å². The van der Waals surface area contributed by atoms with E-state index in [0.717, 1.165) is 71.0 Å². The summed E-state index contributed by atoms with van der Waals surface area (Å²) in [5, 5.41) is 2.99. The van der Waals surface area contributed by atoms with Crippen LogP contribution in [-0.4, -0.2) is 64.9 Å². The maximum absolute atomic E-state index is 5.41. The maximum atomic E-state index is 5.41. The number of aryl methyl sites for hydroxylation is 1. The Kier molecular flexibility index (Phi) is 72.3. The monoisotopic (exact) mass is 702 g/mol. The van der Waals surface area contributed by atoms with Gasteiger partial charge in [-0.15, -0.1) is 0 Å². The van der Waals surface area contributed by atoms with Crippen LogP contribution < -0.4 is 51.2 Å². The van der Waals surface area contributed by atoms with Crippen LogP contribution in [0, 0.1) is 5.92 Å². The first-order chi connectivity index (χ1) is 23.4. The van der Waals surface area contributed by atoms with E-state index in [1.54, 1.807) is 0 Å². The lowest BCUT2D eigenvalue weighted by molar-refractivity contribution is 0.532. The van der Waals surface area contributed by atoms with Gasteiger partial charge in [0.25, 0.3) is 0 Å². The number of unbranched alkanes of at least 4 members (excludes halogenated alkanes) is 8. The smallest absolute Gasteiger partial charge is 0.0221 e. The zero-order chi connectivity index (χ0) is 38.9. The Bertz CT molecular complexity index is 573. The summed E-state index contributed by atoms with van der Waals surface area (Å²) < 4.78 is 0. The molecule has 9 nitrogen and oxygen atoms in total. The van der Waals surface area contributed by atoms with Gasteiger partial charge in [-0.1, -0.05) is 123 Å². The maximum Gasteiger partial charge on any atom is 0.0221 e. The van der Waals surface area contributed by atoms with Gasteiger partial charge in [-0.05, 0) is 123 Å². The third-order valence-corrected chi connectivity index (χ3v) is 6.58. The first kappa shape index (κ1) is 60.0. The molecule has 17 N–H and O–H groups in total. The average molecular weight is 702 g/mol. The molecule has 0 saturated heterocycles. The predicted octanol–water partition coefficient (Wildman–Crippen LogP) is 6.38. The van der Waals surface area contributed by atoms with Crippen LogP contribution in [0.4, 0.5) is 0 Å². The lowest BCUT2D eigenvalue weighted by Crippen LogP contribution is -2.40. The zero-order valence-electron chi connectivity index (χ0n) is 34.6. The molecule has 0 atom stereocenters. The third-order valence-electron chi connectivity index (χ3n) is 6.58. The number of hydrogen-bond donors (Lipinski definition) is 9. The van der Waals surface area contributed by atoms with Gasteiger partial charge in [0.15, 0.2) is 0 Å². The van der Waals surface area contributed by atoms with Crippen molar-refractivity contribution >= 4 is 0 Å². The average Bonchev–Trinajstić information content (AvgIpc) is 3.09. The summed E-state index contributed by atoms with van der Waals surface area (Å²) in [6.45, 7) is 21.4. The van der Waals surface area contributed by atoms with Gasteiger partial charge in [-0.2, -0.15) is 0 Å². The summed E-state index contributed by atoms with van der Waals surface area (Å²) in [6.07, 6.45) is 19.8. The molecule has 0 aliphatic carbocycles. The van der Waals surface area contributed by atoms with Crippen LogP contribution in [0.5, 0.6) is 0 Å². The third kappa shape index (κ3) is 92.9. The van der Waals surface area contributed by atoms with E-state index in [-0.39, 0.29) is 5.54 Å². The Morgan fingerprint density at radius 2 is 0.939 bits per heavy atom. The van der Waals surface area contributed by atoms with Gasteiger partial charge in [0, 0.05) is 12.1 Å². The first-order valence-electron chi connectivity index (χ1n) is 19.8. The van der Waals surface area contributed by atoms with Crippen LogP contribution >= 0.6 is 0 Å². The molecular formula is C40H95N9. The minimum Gasteiger partial charge on any atom is -0.330 e. The molecule has 1 aromatic carbocycles. The van der Waals surface area contributed by atoms with Gasteiger partial charge in [-0.3, -0.25) is 0 Å². The quantitative estimate of drug-likeness (QED) is 0.0648. The van der Waals surface area contributed by atoms with Crippen molar-refractivity contribution in [3.63, 3.8) is 0 Å². The standard InChI is InChI=1S/C9H13N.C7H17N.2C6H15N.2C4H12N2.C4H11N/c10-8-4-7-9-5-2-1-3-6-9;1-7(2)5-3-4-6-8;2*1-2-3-4-5-6-7;1-4(2,6)3-5;1-6-4-2-3-5;1-2-3-4-5/h1-3,5-6H,4,7-8,10H2;7H,3-6,8H2,1-2H3;2*2-7H2,1H3;3,5-6H2,1-2H3;6H,2-5H2,1H3;2-5H2,1H3. The molecule has 0 unspecified atom stereocenters. The van der Waals surface area contributed by atoms with Crippen LogP contribution in [0.25, 0.3) is 0 Å². The minimum atomic E-state index is -0.181. The number of nitrogens with one attached hydrogen (secondary N) is 1. The van der Waals surface area contributed by atoms with Crippen molar-refractivity contribution in [2.45, 2.75) is 157 Å². The molecule has 0 aliphatic rings. The van der Waals surface area contributed by atoms with E-state index in [1.807, 2.05) is 27.0 Å². The number of nitrogens with two attached hydrogens (primary N) is 8. The van der Waals surface area contributed by atoms with E-state index in [0.29, 0.717) is 6.54 Å². The van der Waals surface area contributed by atoms with E-state index >= 15 is 0 Å². The van der Waals surface area contributed by atoms with Crippen molar-refractivity contribution in [3.05, 3.63) is 35.9 Å². The van der Waals surface area contributed by atoms with Crippen LogP contribution in [0.2, 0.25) is 0 Å². The fourth-order valence-electron chi connectivity index (χ4n) is 3.27. The van der Waals surface area contributed by atoms with Gasteiger partial charge < -0.3 is 51.2 Å². The Balaban J connectivity index is -0.000000111. The van der Waals surface area contributed by atoms with Crippen molar-refractivity contribution in [2.24, 2.45) is 51.8 Å². The topological polar surface area (TPSA) is 220 Å². The predicted molar refractivity (Wildman–Crippen MR) is 227 cm³/mol. The summed E-state index contributed by atoms with van der Waals surface area (Å²) in [5.74, 6) is 0.849. The molecule has 300 valence electrons. The van der Waals surface area contributed by atoms with E-state index in [1.165, 1.54) is 89.0 Å². The van der Waals surface area contributed by atoms with Gasteiger partial charge >= 0.3 is 0 Å². The van der Waals surface area contributed by atoms with Gasteiger partial charge in [0.1, 0.15) is 0 Å². The molecule has 0 bridgehead atoms. The molecule has 0 saturated carbocycles. The van der Waals surface area contributed by atoms with E-state index in [9.17, 15) is 0 Å². The number of benzene rings is 1. The molecular weight excluding hydrogens is 607 g/mol. The molecule has 0 amide bonds. The second kappa shape index (κ2) is 59.0.